The van der Waals surface area contributed by atoms with Gasteiger partial charge in [0.15, 0.2) is 5.82 Å². The van der Waals surface area contributed by atoms with Crippen LogP contribution >= 0.6 is 0 Å². The number of aryl methyl sites for hydroxylation is 1. The molecular formula is C24H28BN5O4. The van der Waals surface area contributed by atoms with Gasteiger partial charge >= 0.3 is 7.12 Å². The number of hydrogen-bond acceptors (Lipinski definition) is 7. The molecular weight excluding hydrogens is 433 g/mol. The molecule has 10 heteroatoms. The number of carbonyl (C=O) groups excluding carboxylic acids is 1. The number of anilines is 1. The average Bonchev–Trinajstić information content (AvgIpc) is 3.34. The van der Waals surface area contributed by atoms with Crippen molar-refractivity contribution in [2.24, 2.45) is 0 Å². The standard InChI is InChI=1S/C24H28BN5O4/c1-23(2)24(3,4)34-25(33-23)17-10-9-16-14-32-12-6-11-30-15-26-29-21(30)19-7-5-8-20(27-19)28-22(31)18(16)13-17/h5,7-10,13,15H,6,11-12,14H2,1-4H3,(H,27,28,31). The van der Waals surface area contributed by atoms with E-state index in [1.807, 2.05) is 62.6 Å². The lowest BCUT2D eigenvalue weighted by Crippen LogP contribution is -2.41. The van der Waals surface area contributed by atoms with Crippen LogP contribution in [-0.2, 0) is 27.2 Å². The van der Waals surface area contributed by atoms with E-state index in [9.17, 15) is 4.79 Å². The Labute approximate surface area is 199 Å². The summed E-state index contributed by atoms with van der Waals surface area (Å²) in [6, 6.07) is 11.1. The molecule has 0 unspecified atom stereocenters. The Bertz CT molecular complexity index is 1210. The number of ether oxygens (including phenoxy) is 1. The van der Waals surface area contributed by atoms with Crippen LogP contribution in [-0.4, -0.2) is 50.6 Å². The second kappa shape index (κ2) is 8.61. The Kier molecular flexibility index (Phi) is 5.75. The van der Waals surface area contributed by atoms with E-state index in [-0.39, 0.29) is 5.91 Å². The van der Waals surface area contributed by atoms with Gasteiger partial charge in [0.05, 0.1) is 17.8 Å². The molecule has 2 aromatic heterocycles. The van der Waals surface area contributed by atoms with Crippen LogP contribution in [0, 0.1) is 0 Å². The first-order chi connectivity index (χ1) is 16.2. The molecule has 34 heavy (non-hydrogen) atoms. The second-order valence-corrected chi connectivity index (χ2v) is 9.62. The number of nitrogens with one attached hydrogen (secondary N) is 1. The van der Waals surface area contributed by atoms with Crippen LogP contribution in [0.3, 0.4) is 0 Å². The van der Waals surface area contributed by atoms with Gasteiger partial charge in [-0.25, -0.2) is 4.98 Å². The Morgan fingerprint density at radius 1 is 1.09 bits per heavy atom. The largest absolute Gasteiger partial charge is 0.494 e. The first kappa shape index (κ1) is 22.7. The summed E-state index contributed by atoms with van der Waals surface area (Å²) >= 11 is 0. The average molecular weight is 461 g/mol. The summed E-state index contributed by atoms with van der Waals surface area (Å²) in [5.74, 6) is 0.804. The van der Waals surface area contributed by atoms with Crippen LogP contribution in [0.2, 0.25) is 0 Å². The van der Waals surface area contributed by atoms with Gasteiger partial charge in [0, 0.05) is 18.7 Å². The highest BCUT2D eigenvalue weighted by molar-refractivity contribution is 6.62. The molecule has 0 atom stereocenters. The fraction of sp³-hybridized carbons (Fsp3) is 0.417. The molecule has 0 spiro atoms. The summed E-state index contributed by atoms with van der Waals surface area (Å²) in [6.45, 7) is 9.58. The molecule has 3 aromatic rings. The van der Waals surface area contributed by atoms with Crippen molar-refractivity contribution in [2.45, 2.75) is 58.5 Å². The van der Waals surface area contributed by atoms with Crippen LogP contribution in [0.1, 0.15) is 50.0 Å². The number of fused-ring (bicyclic) bond motifs is 5. The van der Waals surface area contributed by atoms with Crippen LogP contribution in [0.15, 0.2) is 42.7 Å². The summed E-state index contributed by atoms with van der Waals surface area (Å²) in [7, 11) is -0.565. The zero-order valence-corrected chi connectivity index (χ0v) is 19.9. The molecule has 0 radical (unpaired) electrons. The third kappa shape index (κ3) is 4.24. The van der Waals surface area contributed by atoms with Gasteiger partial charge in [-0.15, -0.1) is 10.2 Å². The predicted octanol–water partition coefficient (Wildman–Crippen LogP) is 2.81. The molecule has 1 saturated heterocycles. The third-order valence-electron chi connectivity index (χ3n) is 6.68. The van der Waals surface area contributed by atoms with Gasteiger partial charge in [0.1, 0.15) is 17.8 Å². The number of hydrogen-bond donors (Lipinski definition) is 1. The van der Waals surface area contributed by atoms with Crippen LogP contribution in [0.5, 0.6) is 0 Å². The maximum atomic E-state index is 13.4. The number of nitrogens with zero attached hydrogens (tertiary/aromatic N) is 4. The van der Waals surface area contributed by atoms with E-state index in [0.717, 1.165) is 17.4 Å². The van der Waals surface area contributed by atoms with E-state index in [4.69, 9.17) is 14.0 Å². The van der Waals surface area contributed by atoms with E-state index < -0.39 is 18.3 Å². The van der Waals surface area contributed by atoms with Gasteiger partial charge in [-0.3, -0.25) is 4.79 Å². The first-order valence-electron chi connectivity index (χ1n) is 11.5. The quantitative estimate of drug-likeness (QED) is 0.557. The molecule has 0 saturated carbocycles. The third-order valence-corrected chi connectivity index (χ3v) is 6.68. The molecule has 5 rings (SSSR count). The molecule has 1 N–H and O–H groups in total. The molecule has 2 bridgehead atoms. The highest BCUT2D eigenvalue weighted by atomic mass is 16.7. The smallest absolute Gasteiger partial charge is 0.399 e. The summed E-state index contributed by atoms with van der Waals surface area (Å²) in [5, 5.41) is 11.1. The zero-order valence-electron chi connectivity index (χ0n) is 19.9. The number of benzene rings is 1. The van der Waals surface area contributed by atoms with Crippen molar-refractivity contribution >= 4 is 24.3 Å². The van der Waals surface area contributed by atoms with Crippen molar-refractivity contribution < 1.29 is 18.8 Å². The monoisotopic (exact) mass is 461 g/mol. The topological polar surface area (TPSA) is 100 Å². The number of pyridine rings is 1. The molecule has 176 valence electrons. The summed E-state index contributed by atoms with van der Waals surface area (Å²) < 4.78 is 20.2. The SMILES string of the molecule is CC1(C)OB(c2ccc3c(c2)C(=O)Nc2cccc(n2)-c2nncn2CCCOC3)OC1(C)C. The normalized spacial score (nSPS) is 19.6. The fourth-order valence-electron chi connectivity index (χ4n) is 4.01. The lowest BCUT2D eigenvalue weighted by atomic mass is 9.77. The number of aromatic nitrogens is 4. The van der Waals surface area contributed by atoms with Gasteiger partial charge in [-0.2, -0.15) is 0 Å². The van der Waals surface area contributed by atoms with Crippen LogP contribution < -0.4 is 10.8 Å². The molecule has 1 fully saturated rings. The first-order valence-corrected chi connectivity index (χ1v) is 11.5. The molecule has 0 aliphatic carbocycles. The van der Waals surface area contributed by atoms with Crippen molar-refractivity contribution in [2.75, 3.05) is 11.9 Å². The van der Waals surface area contributed by atoms with Gasteiger partial charge in [0.25, 0.3) is 5.91 Å². The van der Waals surface area contributed by atoms with Gasteiger partial charge < -0.3 is 23.9 Å². The molecule has 1 amide bonds. The molecule has 9 nitrogen and oxygen atoms in total. The minimum absolute atomic E-state index is 0.278. The molecule has 1 aromatic carbocycles. The van der Waals surface area contributed by atoms with Crippen molar-refractivity contribution in [1.29, 1.82) is 0 Å². The van der Waals surface area contributed by atoms with E-state index >= 15 is 0 Å². The van der Waals surface area contributed by atoms with Crippen LogP contribution in [0.4, 0.5) is 5.82 Å². The minimum atomic E-state index is -0.565. The van der Waals surface area contributed by atoms with Crippen LogP contribution in [0.25, 0.3) is 11.5 Å². The predicted molar refractivity (Wildman–Crippen MR) is 128 cm³/mol. The molecule has 2 aliphatic rings. The van der Waals surface area contributed by atoms with Gasteiger partial charge in [0.2, 0.25) is 0 Å². The Hall–Kier alpha value is -3.08. The van der Waals surface area contributed by atoms with Crippen molar-refractivity contribution in [3.63, 3.8) is 0 Å². The van der Waals surface area contributed by atoms with Gasteiger partial charge in [-0.1, -0.05) is 18.2 Å². The Morgan fingerprint density at radius 2 is 1.88 bits per heavy atom. The highest BCUT2D eigenvalue weighted by Crippen LogP contribution is 2.36. The minimum Gasteiger partial charge on any atom is -0.399 e. The fourth-order valence-corrected chi connectivity index (χ4v) is 4.01. The summed E-state index contributed by atoms with van der Waals surface area (Å²) in [5.41, 5.74) is 1.76. The summed E-state index contributed by atoms with van der Waals surface area (Å²) in [4.78, 5) is 18.0. The summed E-state index contributed by atoms with van der Waals surface area (Å²) in [6.07, 6.45) is 2.46. The maximum Gasteiger partial charge on any atom is 0.494 e. The van der Waals surface area contributed by atoms with Gasteiger partial charge in [-0.05, 0) is 63.3 Å². The number of rotatable bonds is 1. The highest BCUT2D eigenvalue weighted by Gasteiger charge is 2.51. The lowest BCUT2D eigenvalue weighted by molar-refractivity contribution is 0.00578. The zero-order chi connectivity index (χ0) is 23.9. The van der Waals surface area contributed by atoms with Crippen molar-refractivity contribution in [3.05, 3.63) is 53.9 Å². The van der Waals surface area contributed by atoms with E-state index in [1.54, 1.807) is 12.4 Å². The Morgan fingerprint density at radius 3 is 2.68 bits per heavy atom. The molecule has 2 aliphatic heterocycles. The van der Waals surface area contributed by atoms with E-state index in [0.29, 0.717) is 42.7 Å². The lowest BCUT2D eigenvalue weighted by Gasteiger charge is -2.32. The number of amides is 1. The Balaban J connectivity index is 1.49. The van der Waals surface area contributed by atoms with Crippen molar-refractivity contribution in [1.82, 2.24) is 19.7 Å². The van der Waals surface area contributed by atoms with Crippen molar-refractivity contribution in [3.8, 4) is 11.5 Å². The second-order valence-electron chi connectivity index (χ2n) is 9.62. The maximum absolute atomic E-state index is 13.4. The number of carbonyl (C=O) groups is 1. The van der Waals surface area contributed by atoms with E-state index in [1.165, 1.54) is 0 Å². The molecule has 4 heterocycles. The van der Waals surface area contributed by atoms with E-state index in [2.05, 4.69) is 20.5 Å².